The maximum Gasteiger partial charge on any atom is 0.341 e. The zero-order valence-electron chi connectivity index (χ0n) is 17.5. The fourth-order valence-electron chi connectivity index (χ4n) is 3.93. The molecule has 1 aromatic carbocycles. The van der Waals surface area contributed by atoms with Gasteiger partial charge in [-0.25, -0.2) is 32.9 Å². The highest BCUT2D eigenvalue weighted by Crippen LogP contribution is 2.31. The van der Waals surface area contributed by atoms with Crippen LogP contribution in [0.5, 0.6) is 0 Å². The number of carbonyl (C=O) groups excluding carboxylic acids is 1. The average molecular weight is 583 g/mol. The molecule has 1 saturated heterocycles. The molecule has 4 heterocycles. The molecule has 2 aliphatic rings. The number of benzene rings is 1. The zero-order chi connectivity index (χ0) is 23.8. The molecule has 0 spiro atoms. The third-order valence-electron chi connectivity index (χ3n) is 5.59. The van der Waals surface area contributed by atoms with Crippen LogP contribution in [-0.4, -0.2) is 73.7 Å². The van der Waals surface area contributed by atoms with Crippen molar-refractivity contribution in [2.24, 2.45) is 5.10 Å². The molecule has 5 rings (SSSR count). The largest absolute Gasteiger partial charge is 0.341 e. The Balaban J connectivity index is 1.28. The van der Waals surface area contributed by atoms with E-state index in [9.17, 15) is 18.0 Å². The van der Waals surface area contributed by atoms with Gasteiger partial charge in [-0.15, -0.1) is 5.10 Å². The van der Waals surface area contributed by atoms with Crippen LogP contribution in [0, 0.1) is 21.2 Å². The monoisotopic (exact) mass is 583 g/mol. The van der Waals surface area contributed by atoms with E-state index in [1.54, 1.807) is 11.1 Å². The third kappa shape index (κ3) is 4.28. The van der Waals surface area contributed by atoms with E-state index in [0.29, 0.717) is 53.5 Å². The number of urea groups is 1. The minimum atomic E-state index is -0.707. The van der Waals surface area contributed by atoms with Crippen LogP contribution in [0.15, 0.2) is 29.5 Å². The smallest absolute Gasteiger partial charge is 0.337 e. The standard InChI is InChI=1S/C20H17F3IN9O/c21-12-7-11(8-13(22)9-12)15-1-2-26-33(15)20(34)32-5-3-31(4-6-32)19-25-10-14(23)16(27-19)17-18(24)29-30-28-17/h2,7-10,15H,1,3-6H2,(H,28,29,30)/t15-/m0/s1. The first-order valence-electron chi connectivity index (χ1n) is 10.3. The van der Waals surface area contributed by atoms with Crippen molar-refractivity contribution in [3.63, 3.8) is 0 Å². The summed E-state index contributed by atoms with van der Waals surface area (Å²) in [5.41, 5.74) is 0.678. The third-order valence-corrected chi connectivity index (χ3v) is 6.34. The van der Waals surface area contributed by atoms with Gasteiger partial charge in [0, 0.05) is 44.9 Å². The quantitative estimate of drug-likeness (QED) is 0.476. The predicted molar refractivity (Wildman–Crippen MR) is 123 cm³/mol. The van der Waals surface area contributed by atoms with Gasteiger partial charge in [0.25, 0.3) is 0 Å². The van der Waals surface area contributed by atoms with Gasteiger partial charge in [0.05, 0.1) is 12.2 Å². The van der Waals surface area contributed by atoms with Crippen molar-refractivity contribution in [1.82, 2.24) is 35.3 Å². The minimum Gasteiger partial charge on any atom is -0.337 e. The fraction of sp³-hybridized carbons (Fsp3) is 0.300. The molecule has 34 heavy (non-hydrogen) atoms. The molecular weight excluding hydrogens is 566 g/mol. The molecule has 2 aromatic heterocycles. The molecule has 0 saturated carbocycles. The summed E-state index contributed by atoms with van der Waals surface area (Å²) in [4.78, 5) is 25.0. The molecule has 1 N–H and O–H groups in total. The molecular formula is C20H17F3IN9O. The number of hydrogen-bond acceptors (Lipinski definition) is 7. The summed E-state index contributed by atoms with van der Waals surface area (Å²) < 4.78 is 42.2. The minimum absolute atomic E-state index is 0.0400. The van der Waals surface area contributed by atoms with E-state index in [2.05, 4.69) is 30.5 Å². The van der Waals surface area contributed by atoms with Crippen LogP contribution in [0.25, 0.3) is 11.4 Å². The van der Waals surface area contributed by atoms with Crippen LogP contribution in [0.1, 0.15) is 18.0 Å². The van der Waals surface area contributed by atoms with Gasteiger partial charge < -0.3 is 9.80 Å². The number of H-pyrrole nitrogens is 1. The van der Waals surface area contributed by atoms with Crippen molar-refractivity contribution in [3.05, 3.63) is 51.1 Å². The Bertz CT molecular complexity index is 1240. The molecule has 176 valence electrons. The maximum absolute atomic E-state index is 14.3. The number of aromatic amines is 1. The number of halogens is 4. The van der Waals surface area contributed by atoms with Gasteiger partial charge in [0.15, 0.2) is 9.52 Å². The van der Waals surface area contributed by atoms with Crippen molar-refractivity contribution in [2.45, 2.75) is 12.5 Å². The van der Waals surface area contributed by atoms with Crippen LogP contribution in [0.3, 0.4) is 0 Å². The summed E-state index contributed by atoms with van der Waals surface area (Å²) in [6.45, 7) is 1.49. The van der Waals surface area contributed by atoms with Crippen molar-refractivity contribution < 1.29 is 18.0 Å². The van der Waals surface area contributed by atoms with Crippen molar-refractivity contribution in [2.75, 3.05) is 31.1 Å². The first-order chi connectivity index (χ1) is 16.4. The van der Waals surface area contributed by atoms with E-state index in [1.165, 1.54) is 17.1 Å². The summed E-state index contributed by atoms with van der Waals surface area (Å²) in [7, 11) is 0. The summed E-state index contributed by atoms with van der Waals surface area (Å²) in [6, 6.07) is 2.27. The second-order valence-corrected chi connectivity index (χ2v) is 8.70. The number of hydrazone groups is 1. The second kappa shape index (κ2) is 9.15. The second-order valence-electron chi connectivity index (χ2n) is 7.68. The number of carbonyl (C=O) groups is 1. The van der Waals surface area contributed by atoms with Gasteiger partial charge in [-0.1, -0.05) is 0 Å². The van der Waals surface area contributed by atoms with Crippen LogP contribution >= 0.6 is 22.6 Å². The van der Waals surface area contributed by atoms with Crippen LogP contribution in [-0.2, 0) is 0 Å². The average Bonchev–Trinajstić information content (AvgIpc) is 3.48. The van der Waals surface area contributed by atoms with Crippen LogP contribution in [0.4, 0.5) is 23.9 Å². The van der Waals surface area contributed by atoms with Gasteiger partial charge >= 0.3 is 6.03 Å². The summed E-state index contributed by atoms with van der Waals surface area (Å²) in [6.07, 6.45) is 3.00. The van der Waals surface area contributed by atoms with Crippen LogP contribution in [0.2, 0.25) is 0 Å². The highest BCUT2D eigenvalue weighted by Gasteiger charge is 2.34. The van der Waals surface area contributed by atoms with Crippen molar-refractivity contribution >= 4 is 40.8 Å². The normalized spacial score (nSPS) is 18.1. The van der Waals surface area contributed by atoms with Gasteiger partial charge in [-0.05, 0) is 40.3 Å². The molecule has 0 bridgehead atoms. The Morgan fingerprint density at radius 3 is 2.44 bits per heavy atom. The van der Waals surface area contributed by atoms with E-state index in [-0.39, 0.29) is 11.7 Å². The molecule has 1 fully saturated rings. The first kappa shape index (κ1) is 22.5. The van der Waals surface area contributed by atoms with Gasteiger partial charge in [-0.2, -0.15) is 15.4 Å². The Hall–Kier alpha value is -3.30. The fourth-order valence-corrected chi connectivity index (χ4v) is 4.41. The van der Waals surface area contributed by atoms with Crippen molar-refractivity contribution in [3.8, 4) is 11.4 Å². The maximum atomic E-state index is 14.3. The molecule has 10 nitrogen and oxygen atoms in total. The lowest BCUT2D eigenvalue weighted by molar-refractivity contribution is 0.139. The van der Waals surface area contributed by atoms with E-state index in [4.69, 9.17) is 0 Å². The lowest BCUT2D eigenvalue weighted by Crippen LogP contribution is -2.52. The molecule has 2 aliphatic heterocycles. The van der Waals surface area contributed by atoms with Crippen molar-refractivity contribution in [1.29, 1.82) is 0 Å². The Labute approximate surface area is 205 Å². The molecule has 2 amide bonds. The highest BCUT2D eigenvalue weighted by atomic mass is 127. The first-order valence-corrected chi connectivity index (χ1v) is 11.4. The molecule has 1 atom stereocenters. The molecule has 0 unspecified atom stereocenters. The van der Waals surface area contributed by atoms with E-state index < -0.39 is 23.5 Å². The number of nitrogens with one attached hydrogen (secondary N) is 1. The highest BCUT2D eigenvalue weighted by molar-refractivity contribution is 14.1. The van der Waals surface area contributed by atoms with Crippen LogP contribution < -0.4 is 4.90 Å². The summed E-state index contributed by atoms with van der Waals surface area (Å²) in [5.74, 6) is -1.71. The SMILES string of the molecule is O=C(N1CCN(c2ncc(F)c(-c3n[nH]nc3I)n2)CC1)N1N=CC[C@H]1c1cc(F)cc(F)c1. The lowest BCUT2D eigenvalue weighted by atomic mass is 10.0. The molecule has 0 radical (unpaired) electrons. The van der Waals surface area contributed by atoms with E-state index >= 15 is 0 Å². The topological polar surface area (TPSA) is 106 Å². The number of anilines is 1. The molecule has 0 aliphatic carbocycles. The molecule has 14 heteroatoms. The number of rotatable bonds is 3. The number of amides is 2. The van der Waals surface area contributed by atoms with Gasteiger partial charge in [-0.3, -0.25) is 0 Å². The number of aromatic nitrogens is 5. The summed E-state index contributed by atoms with van der Waals surface area (Å²) >= 11 is 1.93. The lowest BCUT2D eigenvalue weighted by Gasteiger charge is -2.37. The van der Waals surface area contributed by atoms with Gasteiger partial charge in [0.1, 0.15) is 23.0 Å². The Kier molecular flexibility index (Phi) is 6.05. The number of piperazine rings is 1. The Morgan fingerprint density at radius 2 is 1.76 bits per heavy atom. The number of nitrogens with zero attached hydrogens (tertiary/aromatic N) is 8. The van der Waals surface area contributed by atoms with E-state index in [0.717, 1.165) is 12.3 Å². The number of hydrogen-bond donors (Lipinski definition) is 1. The zero-order valence-corrected chi connectivity index (χ0v) is 19.7. The Morgan fingerprint density at radius 1 is 1.03 bits per heavy atom. The van der Waals surface area contributed by atoms with Gasteiger partial charge in [0.2, 0.25) is 5.95 Å². The predicted octanol–water partition coefficient (Wildman–Crippen LogP) is 2.96. The molecule has 3 aromatic rings. The summed E-state index contributed by atoms with van der Waals surface area (Å²) in [5, 5.41) is 15.7. The van der Waals surface area contributed by atoms with E-state index in [1.807, 2.05) is 27.5 Å².